The smallest absolute Gasteiger partial charge is 0.0879 e. The fourth-order valence-corrected chi connectivity index (χ4v) is 2.02. The first-order valence-corrected chi connectivity index (χ1v) is 6.35. The predicted octanol–water partition coefficient (Wildman–Crippen LogP) is 1.75. The minimum Gasteiger partial charge on any atom is -0.396 e. The van der Waals surface area contributed by atoms with Crippen molar-refractivity contribution in [1.82, 2.24) is 15.0 Å². The Morgan fingerprint density at radius 2 is 1.94 bits per heavy atom. The number of aryl methyl sites for hydroxylation is 2. The van der Waals surface area contributed by atoms with Crippen molar-refractivity contribution >= 4 is 0 Å². The Hall–Kier alpha value is -1.68. The minimum absolute atomic E-state index is 0.129. The average molecular weight is 245 g/mol. The lowest BCUT2D eigenvalue weighted by Crippen LogP contribution is -2.04. The summed E-state index contributed by atoms with van der Waals surface area (Å²) in [5.74, 6) is 0. The Balaban J connectivity index is 1.87. The Morgan fingerprint density at radius 1 is 1.17 bits per heavy atom. The molecule has 1 heterocycles. The first-order chi connectivity index (χ1) is 8.81. The zero-order chi connectivity index (χ0) is 12.8. The van der Waals surface area contributed by atoms with Crippen LogP contribution in [0, 0.1) is 6.92 Å². The van der Waals surface area contributed by atoms with E-state index in [2.05, 4.69) is 34.6 Å². The van der Waals surface area contributed by atoms with Crippen LogP contribution in [0.5, 0.6) is 0 Å². The van der Waals surface area contributed by atoms with E-state index in [4.69, 9.17) is 5.11 Å². The second-order valence-corrected chi connectivity index (χ2v) is 4.41. The van der Waals surface area contributed by atoms with Crippen LogP contribution in [-0.2, 0) is 19.4 Å². The lowest BCUT2D eigenvalue weighted by molar-refractivity contribution is 0.298. The van der Waals surface area contributed by atoms with Gasteiger partial charge in [-0.05, 0) is 25.3 Å². The summed E-state index contributed by atoms with van der Waals surface area (Å²) in [4.78, 5) is 0. The second-order valence-electron chi connectivity index (χ2n) is 4.41. The summed E-state index contributed by atoms with van der Waals surface area (Å²) in [6.45, 7) is 3.01. The molecule has 0 unspecified atom stereocenters. The normalized spacial score (nSPS) is 10.8. The third kappa shape index (κ3) is 3.17. The predicted molar refractivity (Wildman–Crippen MR) is 70.3 cm³/mol. The Bertz CT molecular complexity index is 479. The molecule has 4 nitrogen and oxygen atoms in total. The third-order valence-electron chi connectivity index (χ3n) is 3.11. The fourth-order valence-electron chi connectivity index (χ4n) is 2.02. The van der Waals surface area contributed by atoms with Gasteiger partial charge < -0.3 is 5.11 Å². The van der Waals surface area contributed by atoms with Gasteiger partial charge in [-0.15, -0.1) is 5.10 Å². The van der Waals surface area contributed by atoms with Crippen molar-refractivity contribution in [2.45, 2.75) is 32.7 Å². The van der Waals surface area contributed by atoms with Crippen LogP contribution in [0.2, 0.25) is 0 Å². The van der Waals surface area contributed by atoms with Gasteiger partial charge in [-0.3, -0.25) is 0 Å². The lowest BCUT2D eigenvalue weighted by atomic mass is 10.1. The van der Waals surface area contributed by atoms with Gasteiger partial charge in [-0.1, -0.05) is 35.5 Å². The summed E-state index contributed by atoms with van der Waals surface area (Å²) >= 11 is 0. The summed E-state index contributed by atoms with van der Waals surface area (Å²) in [6, 6.07) is 10.5. The number of benzene rings is 1. The van der Waals surface area contributed by atoms with Crippen LogP contribution in [0.3, 0.4) is 0 Å². The minimum atomic E-state index is 0.129. The van der Waals surface area contributed by atoms with E-state index in [1.54, 1.807) is 0 Å². The molecule has 0 radical (unpaired) electrons. The number of aromatic nitrogens is 3. The molecule has 1 aromatic carbocycles. The number of nitrogens with zero attached hydrogens (tertiary/aromatic N) is 3. The Labute approximate surface area is 107 Å². The van der Waals surface area contributed by atoms with Crippen molar-refractivity contribution in [3.05, 3.63) is 47.3 Å². The highest BCUT2D eigenvalue weighted by molar-refractivity contribution is 5.14. The van der Waals surface area contributed by atoms with E-state index in [0.717, 1.165) is 30.8 Å². The molecule has 1 aromatic heterocycles. The highest BCUT2D eigenvalue weighted by atomic mass is 16.3. The van der Waals surface area contributed by atoms with E-state index < -0.39 is 0 Å². The molecule has 0 saturated carbocycles. The molecule has 0 saturated heterocycles. The van der Waals surface area contributed by atoms with E-state index in [-0.39, 0.29) is 6.61 Å². The van der Waals surface area contributed by atoms with Crippen molar-refractivity contribution in [3.63, 3.8) is 0 Å². The van der Waals surface area contributed by atoms with Gasteiger partial charge in [0.2, 0.25) is 0 Å². The van der Waals surface area contributed by atoms with Crippen molar-refractivity contribution < 1.29 is 5.11 Å². The highest BCUT2D eigenvalue weighted by Crippen LogP contribution is 2.07. The maximum atomic E-state index is 8.90. The molecular formula is C14H19N3O. The molecule has 0 atom stereocenters. The molecule has 1 N–H and O–H groups in total. The zero-order valence-corrected chi connectivity index (χ0v) is 10.7. The number of hydrogen-bond acceptors (Lipinski definition) is 3. The molecule has 4 heteroatoms. The van der Waals surface area contributed by atoms with Gasteiger partial charge in [0.1, 0.15) is 0 Å². The SMILES string of the molecule is Cc1c(CCO)nnn1CCCc1ccccc1. The average Bonchev–Trinajstić information content (AvgIpc) is 2.73. The fraction of sp³-hybridized carbons (Fsp3) is 0.429. The Kier molecular flexibility index (Phi) is 4.47. The first-order valence-electron chi connectivity index (χ1n) is 6.35. The van der Waals surface area contributed by atoms with E-state index in [9.17, 15) is 0 Å². The standard InChI is InChI=1S/C14H19N3O/c1-12-14(9-11-18)15-16-17(12)10-5-8-13-6-3-2-4-7-13/h2-4,6-7,18H,5,8-11H2,1H3. The van der Waals surface area contributed by atoms with Crippen molar-refractivity contribution in [3.8, 4) is 0 Å². The summed E-state index contributed by atoms with van der Waals surface area (Å²) in [7, 11) is 0. The van der Waals surface area contributed by atoms with Gasteiger partial charge in [0, 0.05) is 19.6 Å². The van der Waals surface area contributed by atoms with E-state index in [1.807, 2.05) is 17.7 Å². The Morgan fingerprint density at radius 3 is 2.67 bits per heavy atom. The molecule has 0 bridgehead atoms. The molecule has 2 aromatic rings. The number of aliphatic hydroxyl groups is 1. The van der Waals surface area contributed by atoms with Crippen LogP contribution in [0.4, 0.5) is 0 Å². The molecule has 0 fully saturated rings. The molecular weight excluding hydrogens is 226 g/mol. The van der Waals surface area contributed by atoms with Gasteiger partial charge >= 0.3 is 0 Å². The molecule has 0 amide bonds. The molecule has 0 aliphatic carbocycles. The van der Waals surface area contributed by atoms with Gasteiger partial charge in [0.05, 0.1) is 11.4 Å². The van der Waals surface area contributed by atoms with Crippen molar-refractivity contribution in [2.75, 3.05) is 6.61 Å². The highest BCUT2D eigenvalue weighted by Gasteiger charge is 2.07. The van der Waals surface area contributed by atoms with Crippen LogP contribution in [-0.4, -0.2) is 26.7 Å². The van der Waals surface area contributed by atoms with Crippen LogP contribution in [0.25, 0.3) is 0 Å². The van der Waals surface area contributed by atoms with Gasteiger partial charge in [-0.2, -0.15) is 0 Å². The summed E-state index contributed by atoms with van der Waals surface area (Å²) < 4.78 is 1.92. The molecule has 2 rings (SSSR count). The molecule has 0 aliphatic rings. The van der Waals surface area contributed by atoms with Gasteiger partial charge in [0.25, 0.3) is 0 Å². The summed E-state index contributed by atoms with van der Waals surface area (Å²) in [5, 5.41) is 17.1. The van der Waals surface area contributed by atoms with Crippen LogP contribution in [0.15, 0.2) is 30.3 Å². The van der Waals surface area contributed by atoms with Gasteiger partial charge in [0.15, 0.2) is 0 Å². The van der Waals surface area contributed by atoms with E-state index in [1.165, 1.54) is 5.56 Å². The topological polar surface area (TPSA) is 50.9 Å². The molecule has 0 aliphatic heterocycles. The van der Waals surface area contributed by atoms with Crippen molar-refractivity contribution in [2.24, 2.45) is 0 Å². The number of hydrogen-bond donors (Lipinski definition) is 1. The van der Waals surface area contributed by atoms with E-state index >= 15 is 0 Å². The largest absolute Gasteiger partial charge is 0.396 e. The van der Waals surface area contributed by atoms with Gasteiger partial charge in [-0.25, -0.2) is 4.68 Å². The maximum Gasteiger partial charge on any atom is 0.0879 e. The first kappa shape index (κ1) is 12.8. The number of aliphatic hydroxyl groups excluding tert-OH is 1. The third-order valence-corrected chi connectivity index (χ3v) is 3.11. The zero-order valence-electron chi connectivity index (χ0n) is 10.7. The monoisotopic (exact) mass is 245 g/mol. The molecule has 96 valence electrons. The number of rotatable bonds is 6. The van der Waals surface area contributed by atoms with Crippen LogP contribution in [0.1, 0.15) is 23.4 Å². The maximum absolute atomic E-state index is 8.90. The summed E-state index contributed by atoms with van der Waals surface area (Å²) in [5.41, 5.74) is 3.32. The second kappa shape index (κ2) is 6.31. The quantitative estimate of drug-likeness (QED) is 0.843. The van der Waals surface area contributed by atoms with Crippen LogP contribution >= 0.6 is 0 Å². The van der Waals surface area contributed by atoms with Crippen molar-refractivity contribution in [1.29, 1.82) is 0 Å². The molecule has 0 spiro atoms. The van der Waals surface area contributed by atoms with E-state index in [0.29, 0.717) is 6.42 Å². The molecule has 18 heavy (non-hydrogen) atoms. The van der Waals surface area contributed by atoms with Crippen LogP contribution < -0.4 is 0 Å². The lowest BCUT2D eigenvalue weighted by Gasteiger charge is -2.04. The summed E-state index contributed by atoms with van der Waals surface area (Å²) in [6.07, 6.45) is 2.69.